The summed E-state index contributed by atoms with van der Waals surface area (Å²) in [5, 5.41) is 3.92. The van der Waals surface area contributed by atoms with Crippen LogP contribution >= 0.6 is 0 Å². The first kappa shape index (κ1) is 18.6. The summed E-state index contributed by atoms with van der Waals surface area (Å²) in [6.07, 6.45) is 3.46. The van der Waals surface area contributed by atoms with Crippen LogP contribution in [0.4, 0.5) is 0 Å². The minimum absolute atomic E-state index is 0.0448. The molecule has 6 heteroatoms. The molecule has 0 aliphatic carbocycles. The molecule has 1 aromatic carbocycles. The van der Waals surface area contributed by atoms with E-state index in [0.29, 0.717) is 17.9 Å². The van der Waals surface area contributed by atoms with Crippen LogP contribution in [0.15, 0.2) is 53.3 Å². The second-order valence-corrected chi connectivity index (χ2v) is 6.49. The van der Waals surface area contributed by atoms with Gasteiger partial charge in [0.05, 0.1) is 17.3 Å². The van der Waals surface area contributed by atoms with Gasteiger partial charge in [-0.3, -0.25) is 9.78 Å². The smallest absolute Gasteiger partial charge is 0.254 e. The molecule has 3 aromatic rings. The monoisotopic (exact) mass is 365 g/mol. The average molecular weight is 365 g/mol. The topological polar surface area (TPSA) is 68.5 Å². The summed E-state index contributed by atoms with van der Waals surface area (Å²) in [5.41, 5.74) is 3.43. The lowest BCUT2D eigenvalue weighted by Gasteiger charge is -2.25. The molecule has 0 N–H and O–H groups in total. The van der Waals surface area contributed by atoms with Crippen LogP contribution in [-0.4, -0.2) is 28.0 Å². The van der Waals surface area contributed by atoms with Crippen molar-refractivity contribution in [2.75, 3.05) is 7.05 Å². The molecular formula is C21H23N3O3. The van der Waals surface area contributed by atoms with Gasteiger partial charge in [-0.05, 0) is 62.7 Å². The van der Waals surface area contributed by atoms with Crippen molar-refractivity contribution in [1.29, 1.82) is 0 Å². The third kappa shape index (κ3) is 4.16. The number of carbonyl (C=O) groups is 1. The van der Waals surface area contributed by atoms with Crippen LogP contribution in [0.2, 0.25) is 0 Å². The zero-order chi connectivity index (χ0) is 19.4. The number of pyridine rings is 1. The van der Waals surface area contributed by atoms with Crippen molar-refractivity contribution in [3.8, 4) is 5.75 Å². The first-order chi connectivity index (χ1) is 13.0. The number of aromatic nitrogens is 2. The minimum atomic E-state index is -0.0454. The van der Waals surface area contributed by atoms with E-state index >= 15 is 0 Å². The fourth-order valence-corrected chi connectivity index (χ4v) is 2.80. The fraction of sp³-hybridized carbons (Fsp3) is 0.286. The Morgan fingerprint density at radius 1 is 1.15 bits per heavy atom. The summed E-state index contributed by atoms with van der Waals surface area (Å²) in [6.45, 7) is 6.12. The molecule has 27 heavy (non-hydrogen) atoms. The molecule has 0 saturated heterocycles. The lowest BCUT2D eigenvalue weighted by molar-refractivity contribution is 0.0742. The van der Waals surface area contributed by atoms with Gasteiger partial charge in [0, 0.05) is 25.0 Å². The minimum Gasteiger partial charge on any atom is -0.489 e. The molecule has 2 aromatic heterocycles. The van der Waals surface area contributed by atoms with Crippen molar-refractivity contribution in [2.24, 2.45) is 0 Å². The Labute approximate surface area is 158 Å². The van der Waals surface area contributed by atoms with Gasteiger partial charge in [-0.2, -0.15) is 0 Å². The summed E-state index contributed by atoms with van der Waals surface area (Å²) in [5.74, 6) is 1.40. The van der Waals surface area contributed by atoms with E-state index in [1.807, 2.05) is 32.9 Å². The normalized spacial score (nSPS) is 11.9. The van der Waals surface area contributed by atoms with Crippen LogP contribution in [-0.2, 0) is 6.61 Å². The Kier molecular flexibility index (Phi) is 5.54. The largest absolute Gasteiger partial charge is 0.489 e. The molecule has 0 bridgehead atoms. The van der Waals surface area contributed by atoms with Crippen LogP contribution in [0.3, 0.4) is 0 Å². The molecule has 0 radical (unpaired) electrons. The summed E-state index contributed by atoms with van der Waals surface area (Å²) in [4.78, 5) is 18.5. The van der Waals surface area contributed by atoms with Gasteiger partial charge in [0.25, 0.3) is 5.91 Å². The third-order valence-electron chi connectivity index (χ3n) is 4.76. The van der Waals surface area contributed by atoms with Crippen LogP contribution < -0.4 is 4.74 Å². The predicted octanol–water partition coefficient (Wildman–Crippen LogP) is 4.10. The number of rotatable bonds is 6. The molecule has 1 atom stereocenters. The number of nitrogens with zero attached hydrogens (tertiary/aromatic N) is 3. The first-order valence-corrected chi connectivity index (χ1v) is 8.79. The lowest BCUT2D eigenvalue weighted by Crippen LogP contribution is -2.29. The van der Waals surface area contributed by atoms with Crippen molar-refractivity contribution >= 4 is 5.91 Å². The molecule has 2 heterocycles. The maximum atomic E-state index is 12.8. The number of hydrogen-bond donors (Lipinski definition) is 0. The zero-order valence-electron chi connectivity index (χ0n) is 16.0. The number of ether oxygens (including phenoxy) is 1. The second kappa shape index (κ2) is 8.03. The Hall–Kier alpha value is -3.15. The number of hydrogen-bond acceptors (Lipinski definition) is 5. The molecule has 6 nitrogen and oxygen atoms in total. The van der Waals surface area contributed by atoms with E-state index in [1.54, 1.807) is 48.6 Å². The number of benzene rings is 1. The zero-order valence-corrected chi connectivity index (χ0v) is 16.0. The molecular weight excluding hydrogens is 342 g/mol. The second-order valence-electron chi connectivity index (χ2n) is 6.49. The summed E-state index contributed by atoms with van der Waals surface area (Å²) < 4.78 is 10.9. The van der Waals surface area contributed by atoms with Gasteiger partial charge in [-0.15, -0.1) is 0 Å². The van der Waals surface area contributed by atoms with Crippen molar-refractivity contribution in [1.82, 2.24) is 15.0 Å². The van der Waals surface area contributed by atoms with Gasteiger partial charge in [0.1, 0.15) is 18.1 Å². The van der Waals surface area contributed by atoms with Crippen molar-refractivity contribution in [2.45, 2.75) is 33.4 Å². The molecule has 0 spiro atoms. The van der Waals surface area contributed by atoms with E-state index in [1.165, 1.54) is 0 Å². The van der Waals surface area contributed by atoms with Gasteiger partial charge in [-0.1, -0.05) is 5.16 Å². The molecule has 1 unspecified atom stereocenters. The molecule has 1 amide bonds. The van der Waals surface area contributed by atoms with Crippen LogP contribution in [0.25, 0.3) is 0 Å². The Bertz CT molecular complexity index is 885. The number of amides is 1. The van der Waals surface area contributed by atoms with E-state index in [9.17, 15) is 4.79 Å². The Balaban J connectivity index is 1.65. The van der Waals surface area contributed by atoms with Crippen molar-refractivity contribution < 1.29 is 14.1 Å². The summed E-state index contributed by atoms with van der Waals surface area (Å²) in [6, 6.07) is 10.9. The highest BCUT2D eigenvalue weighted by molar-refractivity contribution is 5.94. The van der Waals surface area contributed by atoms with E-state index in [2.05, 4.69) is 10.1 Å². The Morgan fingerprint density at radius 2 is 1.81 bits per heavy atom. The van der Waals surface area contributed by atoms with E-state index < -0.39 is 0 Å². The summed E-state index contributed by atoms with van der Waals surface area (Å²) >= 11 is 0. The van der Waals surface area contributed by atoms with Crippen molar-refractivity contribution in [3.63, 3.8) is 0 Å². The SMILES string of the molecule is Cc1noc(C)c1COc1ccc(C(=O)N(C)C(C)c2ccncc2)cc1. The average Bonchev–Trinajstić information content (AvgIpc) is 3.03. The fourth-order valence-electron chi connectivity index (χ4n) is 2.80. The molecule has 140 valence electrons. The summed E-state index contributed by atoms with van der Waals surface area (Å²) in [7, 11) is 1.80. The first-order valence-electron chi connectivity index (χ1n) is 8.79. The van der Waals surface area contributed by atoms with Crippen molar-refractivity contribution in [3.05, 3.63) is 76.9 Å². The van der Waals surface area contributed by atoms with Gasteiger partial charge >= 0.3 is 0 Å². The highest BCUT2D eigenvalue weighted by atomic mass is 16.5. The maximum Gasteiger partial charge on any atom is 0.254 e. The molecule has 0 saturated carbocycles. The standard InChI is InChI=1S/C21H23N3O3/c1-14-20(16(3)27-23-14)13-26-19-7-5-18(6-8-19)21(25)24(4)15(2)17-9-11-22-12-10-17/h5-12,15H,13H2,1-4H3. The van der Waals surface area contributed by atoms with Crippen LogP contribution in [0, 0.1) is 13.8 Å². The van der Waals surface area contributed by atoms with E-state index in [-0.39, 0.29) is 11.9 Å². The highest BCUT2D eigenvalue weighted by Gasteiger charge is 2.19. The quantitative estimate of drug-likeness (QED) is 0.658. The molecule has 0 fully saturated rings. The van der Waals surface area contributed by atoms with E-state index in [4.69, 9.17) is 9.26 Å². The molecule has 0 aliphatic rings. The highest BCUT2D eigenvalue weighted by Crippen LogP contribution is 2.22. The van der Waals surface area contributed by atoms with Gasteiger partial charge in [-0.25, -0.2) is 0 Å². The lowest BCUT2D eigenvalue weighted by atomic mass is 10.1. The number of carbonyl (C=O) groups excluding carboxylic acids is 1. The predicted molar refractivity (Wildman–Crippen MR) is 101 cm³/mol. The number of aryl methyl sites for hydroxylation is 2. The Morgan fingerprint density at radius 3 is 2.41 bits per heavy atom. The van der Waals surface area contributed by atoms with Crippen LogP contribution in [0.5, 0.6) is 5.75 Å². The van der Waals surface area contributed by atoms with Crippen LogP contribution in [0.1, 0.15) is 45.9 Å². The van der Waals surface area contributed by atoms with Gasteiger partial charge < -0.3 is 14.2 Å². The maximum absolute atomic E-state index is 12.8. The molecule has 0 aliphatic heterocycles. The van der Waals surface area contributed by atoms with E-state index in [0.717, 1.165) is 22.6 Å². The molecule has 3 rings (SSSR count). The third-order valence-corrected chi connectivity index (χ3v) is 4.76. The van der Waals surface area contributed by atoms with Gasteiger partial charge in [0.2, 0.25) is 0 Å². The van der Waals surface area contributed by atoms with Gasteiger partial charge in [0.15, 0.2) is 0 Å².